The van der Waals surface area contributed by atoms with Crippen molar-refractivity contribution >= 4 is 5.91 Å². The van der Waals surface area contributed by atoms with Gasteiger partial charge < -0.3 is 15.2 Å². The predicted molar refractivity (Wildman–Crippen MR) is 97.2 cm³/mol. The molecule has 5 heteroatoms. The maximum atomic E-state index is 12.3. The molecule has 1 saturated heterocycles. The van der Waals surface area contributed by atoms with E-state index in [1.165, 1.54) is 0 Å². The Labute approximate surface area is 148 Å². The molecule has 25 heavy (non-hydrogen) atoms. The van der Waals surface area contributed by atoms with E-state index >= 15 is 0 Å². The van der Waals surface area contributed by atoms with Gasteiger partial charge in [-0.05, 0) is 35.7 Å². The van der Waals surface area contributed by atoms with E-state index in [2.05, 4.69) is 10.2 Å². The van der Waals surface area contributed by atoms with Crippen LogP contribution in [0.15, 0.2) is 48.5 Å². The van der Waals surface area contributed by atoms with Crippen LogP contribution >= 0.6 is 0 Å². The predicted octanol–water partition coefficient (Wildman–Crippen LogP) is 2.40. The van der Waals surface area contributed by atoms with Crippen molar-refractivity contribution in [1.29, 1.82) is 0 Å². The van der Waals surface area contributed by atoms with Crippen molar-refractivity contribution in [3.8, 4) is 16.9 Å². The van der Waals surface area contributed by atoms with Crippen LogP contribution in [-0.2, 0) is 16.1 Å². The Balaban J connectivity index is 1.54. The summed E-state index contributed by atoms with van der Waals surface area (Å²) in [7, 11) is 0. The molecule has 2 N–H and O–H groups in total. The molecule has 132 valence electrons. The number of carbonyl (C=O) groups excluding carboxylic acids is 1. The van der Waals surface area contributed by atoms with E-state index in [0.717, 1.165) is 29.8 Å². The quantitative estimate of drug-likeness (QED) is 0.877. The number of phenols is 1. The first-order valence-corrected chi connectivity index (χ1v) is 8.61. The highest BCUT2D eigenvalue weighted by atomic mass is 16.5. The van der Waals surface area contributed by atoms with Gasteiger partial charge in [-0.25, -0.2) is 0 Å². The van der Waals surface area contributed by atoms with Gasteiger partial charge in [-0.15, -0.1) is 0 Å². The molecule has 1 fully saturated rings. The standard InChI is InChI=1S/C20H24N2O3/c1-15(22-10-12-25-13-11-22)20(24)21-14-16-2-4-17(5-3-16)18-6-8-19(23)9-7-18/h2-9,15,23H,10-14H2,1H3,(H,21,24)/t15-/m1/s1. The number of nitrogens with one attached hydrogen (secondary N) is 1. The summed E-state index contributed by atoms with van der Waals surface area (Å²) >= 11 is 0. The SMILES string of the molecule is C[C@H](C(=O)NCc1ccc(-c2ccc(O)cc2)cc1)N1CCOCC1. The molecule has 0 spiro atoms. The first kappa shape index (κ1) is 17.5. The Morgan fingerprint density at radius 1 is 1.08 bits per heavy atom. The number of benzene rings is 2. The lowest BCUT2D eigenvalue weighted by molar-refractivity contribution is -0.127. The average Bonchev–Trinajstić information content (AvgIpc) is 2.67. The molecule has 0 aliphatic carbocycles. The van der Waals surface area contributed by atoms with Crippen molar-refractivity contribution < 1.29 is 14.6 Å². The molecule has 3 rings (SSSR count). The lowest BCUT2D eigenvalue weighted by Crippen LogP contribution is -2.49. The van der Waals surface area contributed by atoms with Crippen LogP contribution in [0.2, 0.25) is 0 Å². The number of morpholine rings is 1. The number of ether oxygens (including phenoxy) is 1. The third kappa shape index (κ3) is 4.59. The van der Waals surface area contributed by atoms with Gasteiger partial charge in [0.05, 0.1) is 19.3 Å². The van der Waals surface area contributed by atoms with Crippen molar-refractivity contribution in [3.05, 3.63) is 54.1 Å². The van der Waals surface area contributed by atoms with E-state index in [1.54, 1.807) is 12.1 Å². The zero-order chi connectivity index (χ0) is 17.6. The first-order chi connectivity index (χ1) is 12.1. The fourth-order valence-corrected chi connectivity index (χ4v) is 2.94. The average molecular weight is 340 g/mol. The maximum Gasteiger partial charge on any atom is 0.237 e. The van der Waals surface area contributed by atoms with Crippen molar-refractivity contribution in [1.82, 2.24) is 10.2 Å². The summed E-state index contributed by atoms with van der Waals surface area (Å²) in [5.41, 5.74) is 3.19. The molecule has 1 aliphatic rings. The highest BCUT2D eigenvalue weighted by Gasteiger charge is 2.22. The van der Waals surface area contributed by atoms with Gasteiger partial charge in [-0.3, -0.25) is 9.69 Å². The van der Waals surface area contributed by atoms with Crippen molar-refractivity contribution in [2.24, 2.45) is 0 Å². The van der Waals surface area contributed by atoms with Gasteiger partial charge >= 0.3 is 0 Å². The number of hydrogen-bond donors (Lipinski definition) is 2. The van der Waals surface area contributed by atoms with Gasteiger partial charge in [0.1, 0.15) is 5.75 Å². The molecule has 2 aromatic rings. The van der Waals surface area contributed by atoms with E-state index < -0.39 is 0 Å². The number of phenolic OH excluding ortho intramolecular Hbond substituents is 1. The molecule has 0 bridgehead atoms. The van der Waals surface area contributed by atoms with Crippen LogP contribution in [0.1, 0.15) is 12.5 Å². The molecule has 1 amide bonds. The van der Waals surface area contributed by atoms with Crippen LogP contribution in [0.3, 0.4) is 0 Å². The molecule has 5 nitrogen and oxygen atoms in total. The van der Waals surface area contributed by atoms with Gasteiger partial charge in [0.2, 0.25) is 5.91 Å². The van der Waals surface area contributed by atoms with Crippen LogP contribution in [0.25, 0.3) is 11.1 Å². The van der Waals surface area contributed by atoms with Gasteiger partial charge in [0, 0.05) is 19.6 Å². The highest BCUT2D eigenvalue weighted by molar-refractivity contribution is 5.81. The Bertz CT molecular complexity index is 692. The molecule has 1 atom stereocenters. The number of aromatic hydroxyl groups is 1. The second kappa shape index (κ2) is 8.14. The minimum absolute atomic E-state index is 0.0458. The van der Waals surface area contributed by atoms with E-state index in [-0.39, 0.29) is 17.7 Å². The van der Waals surface area contributed by atoms with E-state index in [4.69, 9.17) is 4.74 Å². The fourth-order valence-electron chi connectivity index (χ4n) is 2.94. The fraction of sp³-hybridized carbons (Fsp3) is 0.350. The zero-order valence-corrected chi connectivity index (χ0v) is 14.4. The Hall–Kier alpha value is -2.37. The third-order valence-electron chi connectivity index (χ3n) is 4.59. The lowest BCUT2D eigenvalue weighted by Gasteiger charge is -2.31. The molecule has 0 radical (unpaired) electrons. The smallest absolute Gasteiger partial charge is 0.237 e. The summed E-state index contributed by atoms with van der Waals surface area (Å²) < 4.78 is 5.33. The molecule has 1 heterocycles. The van der Waals surface area contributed by atoms with Gasteiger partial charge in [-0.1, -0.05) is 36.4 Å². The molecular weight excluding hydrogens is 316 g/mol. The van der Waals surface area contributed by atoms with E-state index in [0.29, 0.717) is 19.8 Å². The summed E-state index contributed by atoms with van der Waals surface area (Å²) in [5, 5.41) is 12.4. The van der Waals surface area contributed by atoms with Gasteiger partial charge in [-0.2, -0.15) is 0 Å². The number of carbonyl (C=O) groups is 1. The Morgan fingerprint density at radius 2 is 1.64 bits per heavy atom. The van der Waals surface area contributed by atoms with Crippen molar-refractivity contribution in [2.75, 3.05) is 26.3 Å². The first-order valence-electron chi connectivity index (χ1n) is 8.61. The highest BCUT2D eigenvalue weighted by Crippen LogP contribution is 2.22. The minimum Gasteiger partial charge on any atom is -0.508 e. The van der Waals surface area contributed by atoms with Crippen LogP contribution < -0.4 is 5.32 Å². The topological polar surface area (TPSA) is 61.8 Å². The minimum atomic E-state index is -0.139. The van der Waals surface area contributed by atoms with Crippen LogP contribution in [-0.4, -0.2) is 48.3 Å². The monoisotopic (exact) mass is 340 g/mol. The summed E-state index contributed by atoms with van der Waals surface area (Å²) in [6.45, 7) is 5.44. The molecule has 2 aromatic carbocycles. The molecule has 0 aromatic heterocycles. The molecule has 0 saturated carbocycles. The zero-order valence-electron chi connectivity index (χ0n) is 14.4. The molecule has 1 aliphatic heterocycles. The second-order valence-corrected chi connectivity index (χ2v) is 6.29. The van der Waals surface area contributed by atoms with Crippen LogP contribution in [0, 0.1) is 0 Å². The summed E-state index contributed by atoms with van der Waals surface area (Å²) in [6, 6.07) is 15.1. The summed E-state index contributed by atoms with van der Waals surface area (Å²) in [4.78, 5) is 14.5. The number of hydrogen-bond acceptors (Lipinski definition) is 4. The maximum absolute atomic E-state index is 12.3. The Morgan fingerprint density at radius 3 is 2.24 bits per heavy atom. The number of rotatable bonds is 5. The Kier molecular flexibility index (Phi) is 5.68. The summed E-state index contributed by atoms with van der Waals surface area (Å²) in [6.07, 6.45) is 0. The van der Waals surface area contributed by atoms with Crippen molar-refractivity contribution in [3.63, 3.8) is 0 Å². The van der Waals surface area contributed by atoms with Crippen LogP contribution in [0.4, 0.5) is 0 Å². The third-order valence-corrected chi connectivity index (χ3v) is 4.59. The normalized spacial score (nSPS) is 16.4. The lowest BCUT2D eigenvalue weighted by atomic mass is 10.0. The number of amides is 1. The van der Waals surface area contributed by atoms with Gasteiger partial charge in [0.15, 0.2) is 0 Å². The molecule has 0 unspecified atom stereocenters. The second-order valence-electron chi connectivity index (χ2n) is 6.29. The molecular formula is C20H24N2O3. The van der Waals surface area contributed by atoms with E-state index in [1.807, 2.05) is 43.3 Å². The summed E-state index contributed by atoms with van der Waals surface area (Å²) in [5.74, 6) is 0.307. The van der Waals surface area contributed by atoms with E-state index in [9.17, 15) is 9.90 Å². The van der Waals surface area contributed by atoms with Crippen molar-refractivity contribution in [2.45, 2.75) is 19.5 Å². The van der Waals surface area contributed by atoms with Gasteiger partial charge in [0.25, 0.3) is 0 Å². The van der Waals surface area contributed by atoms with Crippen LogP contribution in [0.5, 0.6) is 5.75 Å². The largest absolute Gasteiger partial charge is 0.508 e. The number of nitrogens with zero attached hydrogens (tertiary/aromatic N) is 1.